The monoisotopic (exact) mass is 508 g/mol. The van der Waals surface area contributed by atoms with E-state index in [0.717, 1.165) is 4.91 Å². The van der Waals surface area contributed by atoms with Crippen LogP contribution in [-0.4, -0.2) is 16.9 Å². The lowest BCUT2D eigenvalue weighted by molar-refractivity contribution is -0.122. The Labute approximate surface area is 218 Å². The van der Waals surface area contributed by atoms with Gasteiger partial charge in [-0.2, -0.15) is 0 Å². The van der Waals surface area contributed by atoms with Crippen LogP contribution in [0.25, 0.3) is 6.08 Å². The minimum Gasteiger partial charge on any atom is -0.457 e. The van der Waals surface area contributed by atoms with Gasteiger partial charge in [0.1, 0.15) is 17.1 Å². The number of benzene rings is 3. The Kier molecular flexibility index (Phi) is 5.79. The lowest BCUT2D eigenvalue weighted by atomic mass is 9.89. The van der Waals surface area contributed by atoms with E-state index in [1.807, 2.05) is 42.5 Å². The number of carbonyl (C=O) groups excluding carboxylic acids is 2. The molecule has 3 aromatic rings. The molecule has 0 aromatic heterocycles. The van der Waals surface area contributed by atoms with Crippen molar-refractivity contribution in [3.63, 3.8) is 0 Å². The van der Waals surface area contributed by atoms with E-state index in [-0.39, 0.29) is 21.9 Å². The number of carbonyl (C=O) groups is 2. The number of para-hydroxylation sites is 1. The summed E-state index contributed by atoms with van der Waals surface area (Å²) in [5, 5.41) is 2.95. The van der Waals surface area contributed by atoms with Gasteiger partial charge < -0.3 is 4.74 Å². The number of hydrogen-bond acceptors (Lipinski definition) is 5. The Hall–Kier alpha value is -3.94. The van der Waals surface area contributed by atoms with Crippen LogP contribution in [0, 0.1) is 5.92 Å². The summed E-state index contributed by atoms with van der Waals surface area (Å²) in [6.45, 7) is 0. The predicted molar refractivity (Wildman–Crippen MR) is 147 cm³/mol. The van der Waals surface area contributed by atoms with Crippen LogP contribution < -0.4 is 15.0 Å². The topological polar surface area (TPSA) is 58.6 Å². The van der Waals surface area contributed by atoms with Crippen LogP contribution >= 0.6 is 24.0 Å². The fourth-order valence-electron chi connectivity index (χ4n) is 4.51. The van der Waals surface area contributed by atoms with Gasteiger partial charge in [-0.05, 0) is 65.8 Å². The highest BCUT2D eigenvalue weighted by atomic mass is 32.2. The number of amides is 2. The zero-order valence-corrected chi connectivity index (χ0v) is 20.6. The summed E-state index contributed by atoms with van der Waals surface area (Å²) in [5.41, 5.74) is 3.08. The van der Waals surface area contributed by atoms with Crippen molar-refractivity contribution in [2.45, 2.75) is 5.25 Å². The van der Waals surface area contributed by atoms with E-state index >= 15 is 0 Å². The first-order valence-electron chi connectivity index (χ1n) is 11.5. The molecule has 2 atom stereocenters. The Bertz CT molecular complexity index is 1480. The van der Waals surface area contributed by atoms with E-state index in [1.54, 1.807) is 42.1 Å². The molecule has 1 aliphatic carbocycles. The highest BCUT2D eigenvalue weighted by molar-refractivity contribution is 8.03. The van der Waals surface area contributed by atoms with Crippen molar-refractivity contribution in [3.8, 4) is 11.5 Å². The van der Waals surface area contributed by atoms with Crippen LogP contribution in [0.1, 0.15) is 16.4 Å². The minimum absolute atomic E-state index is 0.0532. The number of rotatable bonds is 4. The summed E-state index contributed by atoms with van der Waals surface area (Å²) in [7, 11) is 0. The third-order valence-electron chi connectivity index (χ3n) is 6.23. The number of thioether (sulfide) groups is 1. The van der Waals surface area contributed by atoms with Crippen molar-refractivity contribution in [2.24, 2.45) is 5.92 Å². The van der Waals surface area contributed by atoms with Crippen LogP contribution in [0.15, 0.2) is 108 Å². The van der Waals surface area contributed by atoms with Gasteiger partial charge in [-0.3, -0.25) is 19.8 Å². The van der Waals surface area contributed by atoms with E-state index < -0.39 is 11.8 Å². The summed E-state index contributed by atoms with van der Waals surface area (Å²) in [4.78, 5) is 28.5. The quantitative estimate of drug-likeness (QED) is 0.260. The summed E-state index contributed by atoms with van der Waals surface area (Å²) >= 11 is 7.02. The number of anilines is 1. The van der Waals surface area contributed by atoms with E-state index in [4.69, 9.17) is 17.0 Å². The SMILES string of the molecule is O=C1NC(=S)N(c2ccc(Oc3ccccc3)cc2)C(=O)/C1=C/C1=CC2C=Cc3ccccc3C2S1. The van der Waals surface area contributed by atoms with Crippen LogP contribution in [-0.2, 0) is 9.59 Å². The molecule has 0 bridgehead atoms. The number of thiocarbonyl (C=S) groups is 1. The molecule has 2 heterocycles. The first kappa shape index (κ1) is 22.5. The second-order valence-corrected chi connectivity index (χ2v) is 10.1. The molecule has 176 valence electrons. The first-order chi connectivity index (χ1) is 17.6. The molecule has 1 N–H and O–H groups in total. The molecule has 0 radical (unpaired) electrons. The van der Waals surface area contributed by atoms with E-state index in [1.165, 1.54) is 16.0 Å². The van der Waals surface area contributed by atoms with Gasteiger partial charge in [-0.1, -0.05) is 60.7 Å². The fraction of sp³-hybridized carbons (Fsp3) is 0.0690. The maximum Gasteiger partial charge on any atom is 0.270 e. The van der Waals surface area contributed by atoms with Gasteiger partial charge >= 0.3 is 0 Å². The van der Waals surface area contributed by atoms with Crippen molar-refractivity contribution in [1.82, 2.24) is 5.32 Å². The van der Waals surface area contributed by atoms with Gasteiger partial charge in [-0.15, -0.1) is 11.8 Å². The van der Waals surface area contributed by atoms with Crippen LogP contribution in [0.2, 0.25) is 0 Å². The number of hydrogen-bond donors (Lipinski definition) is 1. The molecule has 36 heavy (non-hydrogen) atoms. The Morgan fingerprint density at radius 3 is 2.44 bits per heavy atom. The van der Waals surface area contributed by atoms with Crippen molar-refractivity contribution in [1.29, 1.82) is 0 Å². The van der Waals surface area contributed by atoms with Crippen LogP contribution in [0.3, 0.4) is 0 Å². The molecule has 3 aromatic carbocycles. The third kappa shape index (κ3) is 4.17. The molecule has 0 saturated carbocycles. The first-order valence-corrected chi connectivity index (χ1v) is 12.8. The van der Waals surface area contributed by atoms with Gasteiger partial charge in [0.05, 0.1) is 5.69 Å². The van der Waals surface area contributed by atoms with Gasteiger partial charge in [0.25, 0.3) is 11.8 Å². The molecule has 2 amide bonds. The van der Waals surface area contributed by atoms with Gasteiger partial charge in [0, 0.05) is 16.1 Å². The van der Waals surface area contributed by atoms with E-state index in [0.29, 0.717) is 17.2 Å². The molecule has 2 unspecified atom stereocenters. The third-order valence-corrected chi connectivity index (χ3v) is 7.86. The highest BCUT2D eigenvalue weighted by Gasteiger charge is 2.36. The number of nitrogens with one attached hydrogen (secondary N) is 1. The van der Waals surface area contributed by atoms with Crippen molar-refractivity contribution in [3.05, 3.63) is 119 Å². The average molecular weight is 509 g/mol. The zero-order valence-electron chi connectivity index (χ0n) is 19.0. The predicted octanol–water partition coefficient (Wildman–Crippen LogP) is 6.17. The van der Waals surface area contributed by atoms with E-state index in [2.05, 4.69) is 35.7 Å². The molecule has 1 fully saturated rings. The van der Waals surface area contributed by atoms with Crippen LogP contribution in [0.4, 0.5) is 5.69 Å². The maximum absolute atomic E-state index is 13.5. The van der Waals surface area contributed by atoms with Crippen molar-refractivity contribution < 1.29 is 14.3 Å². The van der Waals surface area contributed by atoms with Gasteiger partial charge in [-0.25, -0.2) is 0 Å². The van der Waals surface area contributed by atoms with Crippen molar-refractivity contribution in [2.75, 3.05) is 4.90 Å². The normalized spacial score (nSPS) is 21.7. The number of allylic oxidation sites excluding steroid dienone is 3. The number of nitrogens with zero attached hydrogens (tertiary/aromatic N) is 1. The molecular weight excluding hydrogens is 488 g/mol. The molecule has 2 aliphatic heterocycles. The van der Waals surface area contributed by atoms with Crippen LogP contribution in [0.5, 0.6) is 11.5 Å². The van der Waals surface area contributed by atoms with Gasteiger partial charge in [0.15, 0.2) is 5.11 Å². The largest absolute Gasteiger partial charge is 0.457 e. The Balaban J connectivity index is 1.24. The minimum atomic E-state index is -0.488. The molecular formula is C29H20N2O3S2. The Morgan fingerprint density at radius 1 is 0.917 bits per heavy atom. The summed E-state index contributed by atoms with van der Waals surface area (Å²) in [6.07, 6.45) is 8.10. The second-order valence-electron chi connectivity index (χ2n) is 8.54. The number of ether oxygens (including phenoxy) is 1. The summed E-state index contributed by atoms with van der Waals surface area (Å²) in [6, 6.07) is 24.8. The molecule has 7 heteroatoms. The molecule has 1 saturated heterocycles. The zero-order chi connectivity index (χ0) is 24.6. The molecule has 3 aliphatic rings. The molecule has 6 rings (SSSR count). The van der Waals surface area contributed by atoms with E-state index in [9.17, 15) is 9.59 Å². The number of fused-ring (bicyclic) bond motifs is 3. The van der Waals surface area contributed by atoms with Gasteiger partial charge in [0.2, 0.25) is 0 Å². The molecule has 5 nitrogen and oxygen atoms in total. The highest BCUT2D eigenvalue weighted by Crippen LogP contribution is 2.52. The lowest BCUT2D eigenvalue weighted by Gasteiger charge is -2.29. The average Bonchev–Trinajstić information content (AvgIpc) is 3.31. The summed E-state index contributed by atoms with van der Waals surface area (Å²) in [5.74, 6) is 0.620. The molecule has 0 spiro atoms. The smallest absolute Gasteiger partial charge is 0.270 e. The second kappa shape index (κ2) is 9.26. The fourth-order valence-corrected chi connectivity index (χ4v) is 6.17. The Morgan fingerprint density at radius 2 is 1.64 bits per heavy atom. The maximum atomic E-state index is 13.5. The summed E-state index contributed by atoms with van der Waals surface area (Å²) < 4.78 is 5.84. The van der Waals surface area contributed by atoms with Crippen molar-refractivity contribution >= 4 is 52.7 Å². The lowest BCUT2D eigenvalue weighted by Crippen LogP contribution is -2.54. The standard InChI is InChI=1S/C29H20N2O3S2/c32-27-25(17-23-16-19-11-10-18-6-4-5-9-24(18)26(19)36-23)28(33)31(29(35)30-27)20-12-14-22(15-13-20)34-21-7-2-1-3-8-21/h1-17,19,26H,(H,30,32,35)/b25-17+.